The monoisotopic (exact) mass is 419 g/mol. The third-order valence-corrected chi connectivity index (χ3v) is 4.09. The second kappa shape index (κ2) is 11.0. The van der Waals surface area contributed by atoms with Crippen molar-refractivity contribution in [3.8, 4) is 17.2 Å². The van der Waals surface area contributed by atoms with E-state index in [2.05, 4.69) is 5.32 Å². The Kier molecular flexibility index (Phi) is 8.36. The van der Waals surface area contributed by atoms with Crippen molar-refractivity contribution in [3.63, 3.8) is 0 Å². The number of nitrogens with one attached hydrogen (secondary N) is 1. The lowest BCUT2D eigenvalue weighted by Gasteiger charge is -2.14. The number of hydrogen-bond acceptors (Lipinski definition) is 6. The SMILES string of the molecule is COc1cc(CNC(=O)COC(=O)/C=C/c2ccc(Cl)cc2)cc(OC)c1OC. The highest BCUT2D eigenvalue weighted by molar-refractivity contribution is 6.30. The summed E-state index contributed by atoms with van der Waals surface area (Å²) in [6.45, 7) is -0.193. The molecule has 29 heavy (non-hydrogen) atoms. The van der Waals surface area contributed by atoms with Gasteiger partial charge >= 0.3 is 5.97 Å². The average Bonchev–Trinajstić information content (AvgIpc) is 2.74. The summed E-state index contributed by atoms with van der Waals surface area (Å²) in [4.78, 5) is 23.7. The molecule has 0 saturated heterocycles. The minimum absolute atomic E-state index is 0.202. The molecule has 0 atom stereocenters. The van der Waals surface area contributed by atoms with E-state index in [4.69, 9.17) is 30.5 Å². The number of ether oxygens (including phenoxy) is 4. The topological polar surface area (TPSA) is 83.1 Å². The van der Waals surface area contributed by atoms with Crippen LogP contribution in [0.5, 0.6) is 17.2 Å². The zero-order valence-electron chi connectivity index (χ0n) is 16.4. The lowest BCUT2D eigenvalue weighted by atomic mass is 10.1. The molecule has 1 N–H and O–H groups in total. The first-order chi connectivity index (χ1) is 14.0. The molecule has 2 aromatic rings. The molecule has 2 rings (SSSR count). The molecule has 7 nitrogen and oxygen atoms in total. The van der Waals surface area contributed by atoms with E-state index >= 15 is 0 Å². The molecule has 8 heteroatoms. The van der Waals surface area contributed by atoms with Gasteiger partial charge in [0.1, 0.15) is 0 Å². The minimum Gasteiger partial charge on any atom is -0.493 e. The van der Waals surface area contributed by atoms with Gasteiger partial charge < -0.3 is 24.3 Å². The van der Waals surface area contributed by atoms with Crippen molar-refractivity contribution in [1.82, 2.24) is 5.32 Å². The highest BCUT2D eigenvalue weighted by Gasteiger charge is 2.14. The van der Waals surface area contributed by atoms with E-state index < -0.39 is 18.5 Å². The van der Waals surface area contributed by atoms with Gasteiger partial charge in [-0.2, -0.15) is 0 Å². The summed E-state index contributed by atoms with van der Waals surface area (Å²) >= 11 is 5.80. The van der Waals surface area contributed by atoms with Crippen LogP contribution in [-0.4, -0.2) is 39.8 Å². The quantitative estimate of drug-likeness (QED) is 0.496. The molecule has 0 radical (unpaired) electrons. The Labute approximate surface area is 174 Å². The molecule has 0 aliphatic heterocycles. The fourth-order valence-electron chi connectivity index (χ4n) is 2.41. The average molecular weight is 420 g/mol. The normalized spacial score (nSPS) is 10.5. The van der Waals surface area contributed by atoms with E-state index in [0.717, 1.165) is 11.1 Å². The van der Waals surface area contributed by atoms with Crippen molar-refractivity contribution in [2.75, 3.05) is 27.9 Å². The van der Waals surface area contributed by atoms with Gasteiger partial charge in [0.15, 0.2) is 18.1 Å². The number of rotatable bonds is 9. The molecule has 0 bridgehead atoms. The zero-order chi connectivity index (χ0) is 21.2. The van der Waals surface area contributed by atoms with Crippen molar-refractivity contribution in [2.45, 2.75) is 6.54 Å². The van der Waals surface area contributed by atoms with Gasteiger partial charge in [-0.05, 0) is 41.5 Å². The fourth-order valence-corrected chi connectivity index (χ4v) is 2.54. The number of halogens is 1. The lowest BCUT2D eigenvalue weighted by Crippen LogP contribution is -2.28. The van der Waals surface area contributed by atoms with Crippen molar-refractivity contribution in [2.24, 2.45) is 0 Å². The van der Waals surface area contributed by atoms with Crippen molar-refractivity contribution in [3.05, 3.63) is 58.6 Å². The Morgan fingerprint density at radius 1 is 1.00 bits per heavy atom. The number of carbonyl (C=O) groups excluding carboxylic acids is 2. The molecule has 0 heterocycles. The minimum atomic E-state index is -0.622. The Bertz CT molecular complexity index is 854. The first kappa shape index (κ1) is 22.1. The van der Waals surface area contributed by atoms with Gasteiger partial charge in [0.05, 0.1) is 21.3 Å². The molecule has 2 aromatic carbocycles. The van der Waals surface area contributed by atoms with Crippen LogP contribution in [0.4, 0.5) is 0 Å². The summed E-state index contributed by atoms with van der Waals surface area (Å²) in [6.07, 6.45) is 2.82. The molecule has 0 aliphatic rings. The molecule has 1 amide bonds. The van der Waals surface area contributed by atoms with E-state index in [-0.39, 0.29) is 6.54 Å². The highest BCUT2D eigenvalue weighted by atomic mass is 35.5. The summed E-state index contributed by atoms with van der Waals surface area (Å²) in [5.41, 5.74) is 1.53. The van der Waals surface area contributed by atoms with Gasteiger partial charge in [-0.25, -0.2) is 4.79 Å². The first-order valence-corrected chi connectivity index (χ1v) is 9.00. The summed E-state index contributed by atoms with van der Waals surface area (Å²) in [6, 6.07) is 10.4. The second-order valence-corrected chi connectivity index (χ2v) is 6.24. The van der Waals surface area contributed by atoms with Crippen LogP contribution < -0.4 is 19.5 Å². The molecule has 0 unspecified atom stereocenters. The largest absolute Gasteiger partial charge is 0.493 e. The van der Waals surface area contributed by atoms with E-state index in [1.807, 2.05) is 0 Å². The molecular formula is C21H22ClNO6. The van der Waals surface area contributed by atoms with Gasteiger partial charge in [0.25, 0.3) is 5.91 Å². The predicted molar refractivity (Wildman–Crippen MR) is 109 cm³/mol. The third-order valence-electron chi connectivity index (χ3n) is 3.84. The summed E-state index contributed by atoms with van der Waals surface area (Å²) < 4.78 is 20.7. The van der Waals surface area contributed by atoms with Gasteiger partial charge in [0.2, 0.25) is 5.75 Å². The number of esters is 1. The number of methoxy groups -OCH3 is 3. The predicted octanol–water partition coefficient (Wildman–Crippen LogP) is 3.24. The molecular weight excluding hydrogens is 398 g/mol. The van der Waals surface area contributed by atoms with E-state index in [0.29, 0.717) is 22.3 Å². The number of carbonyl (C=O) groups is 2. The summed E-state index contributed by atoms with van der Waals surface area (Å²) in [7, 11) is 4.53. The third kappa shape index (κ3) is 6.73. The van der Waals surface area contributed by atoms with Crippen molar-refractivity contribution < 1.29 is 28.5 Å². The Morgan fingerprint density at radius 3 is 2.17 bits per heavy atom. The summed E-state index contributed by atoms with van der Waals surface area (Å²) in [5, 5.41) is 3.27. The van der Waals surface area contributed by atoms with Gasteiger partial charge in [-0.15, -0.1) is 0 Å². The van der Waals surface area contributed by atoms with Crippen LogP contribution in [0.2, 0.25) is 5.02 Å². The van der Waals surface area contributed by atoms with Crippen LogP contribution in [0.1, 0.15) is 11.1 Å². The molecule has 154 valence electrons. The molecule has 0 spiro atoms. The molecule has 0 fully saturated rings. The smallest absolute Gasteiger partial charge is 0.331 e. The zero-order valence-corrected chi connectivity index (χ0v) is 17.1. The number of hydrogen-bond donors (Lipinski definition) is 1. The molecule has 0 aromatic heterocycles. The maximum Gasteiger partial charge on any atom is 0.331 e. The Hall–Kier alpha value is -3.19. The van der Waals surface area contributed by atoms with E-state index in [1.54, 1.807) is 42.5 Å². The van der Waals surface area contributed by atoms with Crippen LogP contribution in [-0.2, 0) is 20.9 Å². The Morgan fingerprint density at radius 2 is 1.62 bits per heavy atom. The van der Waals surface area contributed by atoms with Gasteiger partial charge in [-0.1, -0.05) is 23.7 Å². The van der Waals surface area contributed by atoms with Gasteiger partial charge in [0, 0.05) is 17.6 Å². The van der Waals surface area contributed by atoms with E-state index in [9.17, 15) is 9.59 Å². The van der Waals surface area contributed by atoms with Crippen LogP contribution in [0.15, 0.2) is 42.5 Å². The standard InChI is InChI=1S/C21H22ClNO6/c1-26-17-10-15(11-18(27-2)21(17)28-3)12-23-19(24)13-29-20(25)9-6-14-4-7-16(22)8-5-14/h4-11H,12-13H2,1-3H3,(H,23,24)/b9-6+. The maximum absolute atomic E-state index is 12.0. The number of amides is 1. The number of benzene rings is 2. The van der Waals surface area contributed by atoms with E-state index in [1.165, 1.54) is 27.4 Å². The van der Waals surface area contributed by atoms with Crippen molar-refractivity contribution >= 4 is 29.6 Å². The van der Waals surface area contributed by atoms with Crippen LogP contribution in [0, 0.1) is 0 Å². The molecule has 0 aliphatic carbocycles. The van der Waals surface area contributed by atoms with Crippen LogP contribution in [0.3, 0.4) is 0 Å². The summed E-state index contributed by atoms with van der Waals surface area (Å²) in [5.74, 6) is 0.367. The lowest BCUT2D eigenvalue weighted by molar-refractivity contribution is -0.143. The molecule has 0 saturated carbocycles. The second-order valence-electron chi connectivity index (χ2n) is 5.80. The van der Waals surface area contributed by atoms with Crippen LogP contribution >= 0.6 is 11.6 Å². The first-order valence-electron chi connectivity index (χ1n) is 8.62. The maximum atomic E-state index is 12.0. The van der Waals surface area contributed by atoms with Crippen molar-refractivity contribution in [1.29, 1.82) is 0 Å². The fraction of sp³-hybridized carbons (Fsp3) is 0.238. The van der Waals surface area contributed by atoms with Gasteiger partial charge in [-0.3, -0.25) is 4.79 Å². The Balaban J connectivity index is 1.85. The van der Waals surface area contributed by atoms with Crippen LogP contribution in [0.25, 0.3) is 6.08 Å². The highest BCUT2D eigenvalue weighted by Crippen LogP contribution is 2.38.